The van der Waals surface area contributed by atoms with Gasteiger partial charge in [0.2, 0.25) is 0 Å². The van der Waals surface area contributed by atoms with Gasteiger partial charge in [0.25, 0.3) is 0 Å². The van der Waals surface area contributed by atoms with E-state index < -0.39 is 0 Å². The molecule has 1 aliphatic carbocycles. The van der Waals surface area contributed by atoms with Crippen molar-refractivity contribution in [2.75, 3.05) is 5.32 Å². The number of benzene rings is 1. The van der Waals surface area contributed by atoms with Gasteiger partial charge < -0.3 is 5.32 Å². The number of aryl methyl sites for hydroxylation is 1. The lowest BCUT2D eigenvalue weighted by atomic mass is 10.1. The molecule has 2 aromatic rings. The molecule has 3 rings (SSSR count). The highest BCUT2D eigenvalue weighted by Gasteiger charge is 2.12. The van der Waals surface area contributed by atoms with Crippen LogP contribution in [0.3, 0.4) is 0 Å². The number of nitrogens with zero attached hydrogens (tertiary/aromatic N) is 4. The standard InChI is InChI=1S/C15H21N5/c1-12-8-9-14(10-15(12)20-11-16-18-19-20)17-13-6-4-2-3-5-7-13/h8-11,13,17H,2-7H2,1H3. The third-order valence-electron chi connectivity index (χ3n) is 4.03. The van der Waals surface area contributed by atoms with Gasteiger partial charge in [0, 0.05) is 11.7 Å². The Morgan fingerprint density at radius 3 is 2.65 bits per heavy atom. The van der Waals surface area contributed by atoms with E-state index in [4.69, 9.17) is 0 Å². The Morgan fingerprint density at radius 2 is 1.95 bits per heavy atom. The summed E-state index contributed by atoms with van der Waals surface area (Å²) in [4.78, 5) is 0. The van der Waals surface area contributed by atoms with Gasteiger partial charge in [-0.1, -0.05) is 31.7 Å². The van der Waals surface area contributed by atoms with Crippen LogP contribution in [0.5, 0.6) is 0 Å². The first kappa shape index (κ1) is 13.1. The van der Waals surface area contributed by atoms with Crippen LogP contribution in [-0.2, 0) is 0 Å². The number of nitrogens with one attached hydrogen (secondary N) is 1. The minimum Gasteiger partial charge on any atom is -0.382 e. The van der Waals surface area contributed by atoms with Crippen molar-refractivity contribution in [3.8, 4) is 5.69 Å². The Balaban J connectivity index is 1.78. The first-order valence-electron chi connectivity index (χ1n) is 7.43. The summed E-state index contributed by atoms with van der Waals surface area (Å²) in [7, 11) is 0. The summed E-state index contributed by atoms with van der Waals surface area (Å²) in [5.74, 6) is 0. The summed E-state index contributed by atoms with van der Waals surface area (Å²) in [6.45, 7) is 2.08. The zero-order valence-corrected chi connectivity index (χ0v) is 11.9. The maximum atomic E-state index is 3.98. The van der Waals surface area contributed by atoms with Gasteiger partial charge in [-0.05, 0) is 47.9 Å². The lowest BCUT2D eigenvalue weighted by Gasteiger charge is -2.18. The molecule has 0 radical (unpaired) electrons. The summed E-state index contributed by atoms with van der Waals surface area (Å²) < 4.78 is 1.72. The smallest absolute Gasteiger partial charge is 0.143 e. The predicted molar refractivity (Wildman–Crippen MR) is 79.0 cm³/mol. The van der Waals surface area contributed by atoms with E-state index in [-0.39, 0.29) is 0 Å². The second-order valence-corrected chi connectivity index (χ2v) is 5.59. The third-order valence-corrected chi connectivity index (χ3v) is 4.03. The highest BCUT2D eigenvalue weighted by molar-refractivity contribution is 5.54. The summed E-state index contributed by atoms with van der Waals surface area (Å²) in [6, 6.07) is 7.00. The quantitative estimate of drug-likeness (QED) is 0.871. The molecule has 0 bridgehead atoms. The molecule has 1 heterocycles. The molecule has 1 aromatic heterocycles. The fraction of sp³-hybridized carbons (Fsp3) is 0.533. The molecular formula is C15H21N5. The van der Waals surface area contributed by atoms with Gasteiger partial charge in [-0.25, -0.2) is 4.68 Å². The van der Waals surface area contributed by atoms with Gasteiger partial charge in [-0.3, -0.25) is 0 Å². The molecule has 0 amide bonds. The number of anilines is 1. The molecule has 5 heteroatoms. The molecule has 1 fully saturated rings. The van der Waals surface area contributed by atoms with Crippen molar-refractivity contribution in [2.24, 2.45) is 0 Å². The Hall–Kier alpha value is -1.91. The van der Waals surface area contributed by atoms with Crippen molar-refractivity contribution in [3.05, 3.63) is 30.1 Å². The van der Waals surface area contributed by atoms with Crippen molar-refractivity contribution in [1.82, 2.24) is 20.2 Å². The molecule has 0 saturated heterocycles. The van der Waals surface area contributed by atoms with E-state index in [0.29, 0.717) is 6.04 Å². The lowest BCUT2D eigenvalue weighted by Crippen LogP contribution is -2.18. The average molecular weight is 271 g/mol. The molecule has 1 aromatic carbocycles. The number of aromatic nitrogens is 4. The van der Waals surface area contributed by atoms with Crippen molar-refractivity contribution in [2.45, 2.75) is 51.5 Å². The van der Waals surface area contributed by atoms with E-state index in [2.05, 4.69) is 46.0 Å². The second-order valence-electron chi connectivity index (χ2n) is 5.59. The van der Waals surface area contributed by atoms with Crippen molar-refractivity contribution in [1.29, 1.82) is 0 Å². The number of tetrazole rings is 1. The molecule has 0 atom stereocenters. The van der Waals surface area contributed by atoms with Gasteiger partial charge in [-0.2, -0.15) is 0 Å². The minimum absolute atomic E-state index is 0.599. The number of rotatable bonds is 3. The van der Waals surface area contributed by atoms with E-state index in [1.807, 2.05) is 0 Å². The van der Waals surface area contributed by atoms with E-state index in [0.717, 1.165) is 11.4 Å². The SMILES string of the molecule is Cc1ccc(NC2CCCCCC2)cc1-n1cnnn1. The van der Waals surface area contributed by atoms with Crippen molar-refractivity contribution >= 4 is 5.69 Å². The van der Waals surface area contributed by atoms with Crippen LogP contribution in [0.25, 0.3) is 5.69 Å². The summed E-state index contributed by atoms with van der Waals surface area (Å²) in [5, 5.41) is 15.1. The topological polar surface area (TPSA) is 55.6 Å². The molecule has 1 N–H and O–H groups in total. The summed E-state index contributed by atoms with van der Waals surface area (Å²) in [6.07, 6.45) is 9.61. The minimum atomic E-state index is 0.599. The van der Waals surface area contributed by atoms with Crippen LogP contribution in [0.1, 0.15) is 44.1 Å². The summed E-state index contributed by atoms with van der Waals surface area (Å²) >= 11 is 0. The van der Waals surface area contributed by atoms with Crippen molar-refractivity contribution in [3.63, 3.8) is 0 Å². The Kier molecular flexibility index (Phi) is 3.95. The molecule has 0 spiro atoms. The van der Waals surface area contributed by atoms with Crippen LogP contribution in [0.4, 0.5) is 5.69 Å². The summed E-state index contributed by atoms with van der Waals surface area (Å²) in [5.41, 5.74) is 3.37. The lowest BCUT2D eigenvalue weighted by molar-refractivity contribution is 0.620. The Morgan fingerprint density at radius 1 is 1.15 bits per heavy atom. The van der Waals surface area contributed by atoms with E-state index in [1.165, 1.54) is 44.1 Å². The fourth-order valence-corrected chi connectivity index (χ4v) is 2.88. The number of hydrogen-bond donors (Lipinski definition) is 1. The number of hydrogen-bond acceptors (Lipinski definition) is 4. The maximum absolute atomic E-state index is 3.98. The van der Waals surface area contributed by atoms with Crippen LogP contribution in [0, 0.1) is 6.92 Å². The van der Waals surface area contributed by atoms with E-state index in [9.17, 15) is 0 Å². The highest BCUT2D eigenvalue weighted by atomic mass is 15.5. The maximum Gasteiger partial charge on any atom is 0.143 e. The van der Waals surface area contributed by atoms with E-state index in [1.54, 1.807) is 11.0 Å². The van der Waals surface area contributed by atoms with E-state index >= 15 is 0 Å². The van der Waals surface area contributed by atoms with Crippen molar-refractivity contribution < 1.29 is 0 Å². The first-order valence-corrected chi connectivity index (χ1v) is 7.43. The fourth-order valence-electron chi connectivity index (χ4n) is 2.88. The third kappa shape index (κ3) is 2.98. The van der Waals surface area contributed by atoms with Crippen LogP contribution >= 0.6 is 0 Å². The van der Waals surface area contributed by atoms with Crippen LogP contribution in [0.2, 0.25) is 0 Å². The van der Waals surface area contributed by atoms with Gasteiger partial charge in [-0.15, -0.1) is 5.10 Å². The van der Waals surface area contributed by atoms with Crippen LogP contribution in [0.15, 0.2) is 24.5 Å². The Bertz CT molecular complexity index is 541. The molecule has 106 valence electrons. The Labute approximate surface area is 119 Å². The van der Waals surface area contributed by atoms with Gasteiger partial charge in [0.1, 0.15) is 6.33 Å². The molecular weight excluding hydrogens is 250 g/mol. The van der Waals surface area contributed by atoms with Crippen LogP contribution in [-0.4, -0.2) is 26.2 Å². The van der Waals surface area contributed by atoms with Gasteiger partial charge >= 0.3 is 0 Å². The largest absolute Gasteiger partial charge is 0.382 e. The normalized spacial score (nSPS) is 16.9. The van der Waals surface area contributed by atoms with Crippen LogP contribution < -0.4 is 5.32 Å². The molecule has 1 saturated carbocycles. The van der Waals surface area contributed by atoms with Gasteiger partial charge in [0.15, 0.2) is 0 Å². The highest BCUT2D eigenvalue weighted by Crippen LogP contribution is 2.23. The molecule has 0 unspecified atom stereocenters. The van der Waals surface area contributed by atoms with Gasteiger partial charge in [0.05, 0.1) is 5.69 Å². The molecule has 0 aliphatic heterocycles. The molecule has 1 aliphatic rings. The zero-order valence-electron chi connectivity index (χ0n) is 11.9. The predicted octanol–water partition coefficient (Wildman–Crippen LogP) is 3.11. The molecule has 5 nitrogen and oxygen atoms in total. The monoisotopic (exact) mass is 271 g/mol. The average Bonchev–Trinajstić information content (AvgIpc) is 2.86. The first-order chi connectivity index (χ1) is 9.83. The second kappa shape index (κ2) is 6.03. The zero-order chi connectivity index (χ0) is 13.8. The molecule has 20 heavy (non-hydrogen) atoms.